The lowest BCUT2D eigenvalue weighted by Gasteiger charge is -2.05. The number of aromatic nitrogens is 3. The molecule has 0 aliphatic heterocycles. The van der Waals surface area contributed by atoms with Gasteiger partial charge < -0.3 is 4.74 Å². The summed E-state index contributed by atoms with van der Waals surface area (Å²) < 4.78 is 6.50. The standard InChI is InChI=1S/C13H15N3O2S/c1-4-18-13(17)11-14-12(16(2)15-11)9-7-5-6-8-10(9)19-3/h5-8H,4H2,1-3H3. The van der Waals surface area contributed by atoms with Crippen LogP contribution in [0.5, 0.6) is 0 Å². The van der Waals surface area contributed by atoms with Gasteiger partial charge in [-0.15, -0.1) is 16.9 Å². The second-order valence-electron chi connectivity index (χ2n) is 3.80. The number of nitrogens with zero attached hydrogens (tertiary/aromatic N) is 3. The van der Waals surface area contributed by atoms with E-state index in [1.807, 2.05) is 30.5 Å². The Morgan fingerprint density at radius 1 is 1.42 bits per heavy atom. The number of rotatable bonds is 4. The summed E-state index contributed by atoms with van der Waals surface area (Å²) in [6.07, 6.45) is 2.00. The number of aryl methyl sites for hydroxylation is 1. The summed E-state index contributed by atoms with van der Waals surface area (Å²) in [6, 6.07) is 7.88. The monoisotopic (exact) mass is 277 g/mol. The van der Waals surface area contributed by atoms with Gasteiger partial charge in [0.1, 0.15) is 0 Å². The molecule has 1 heterocycles. The van der Waals surface area contributed by atoms with Gasteiger partial charge in [-0.1, -0.05) is 18.2 Å². The highest BCUT2D eigenvalue weighted by molar-refractivity contribution is 7.98. The Labute approximate surface area is 116 Å². The fraction of sp³-hybridized carbons (Fsp3) is 0.308. The molecular formula is C13H15N3O2S. The molecule has 6 heteroatoms. The molecular weight excluding hydrogens is 262 g/mol. The van der Waals surface area contributed by atoms with Crippen molar-refractivity contribution in [3.63, 3.8) is 0 Å². The van der Waals surface area contributed by atoms with Crippen LogP contribution in [0.4, 0.5) is 0 Å². The molecule has 0 aliphatic rings. The molecule has 2 aromatic rings. The fourth-order valence-corrected chi connectivity index (χ4v) is 2.32. The average Bonchev–Trinajstić information content (AvgIpc) is 2.81. The zero-order chi connectivity index (χ0) is 13.8. The van der Waals surface area contributed by atoms with Crippen molar-refractivity contribution in [2.45, 2.75) is 11.8 Å². The van der Waals surface area contributed by atoms with Gasteiger partial charge in [0.05, 0.1) is 6.61 Å². The number of hydrogen-bond donors (Lipinski definition) is 0. The van der Waals surface area contributed by atoms with Gasteiger partial charge in [-0.25, -0.2) is 14.5 Å². The topological polar surface area (TPSA) is 57.0 Å². The summed E-state index contributed by atoms with van der Waals surface area (Å²) in [7, 11) is 1.77. The summed E-state index contributed by atoms with van der Waals surface area (Å²) in [6.45, 7) is 2.07. The second-order valence-corrected chi connectivity index (χ2v) is 4.65. The van der Waals surface area contributed by atoms with Crippen molar-refractivity contribution in [1.29, 1.82) is 0 Å². The van der Waals surface area contributed by atoms with E-state index in [0.717, 1.165) is 10.5 Å². The maximum absolute atomic E-state index is 11.6. The van der Waals surface area contributed by atoms with Crippen molar-refractivity contribution < 1.29 is 9.53 Å². The second kappa shape index (κ2) is 5.88. The smallest absolute Gasteiger partial charge is 0.378 e. The summed E-state index contributed by atoms with van der Waals surface area (Å²) in [4.78, 5) is 17.0. The third-order valence-corrected chi connectivity index (χ3v) is 3.36. The molecule has 0 saturated heterocycles. The van der Waals surface area contributed by atoms with Crippen LogP contribution < -0.4 is 0 Å². The molecule has 0 saturated carbocycles. The minimum atomic E-state index is -0.494. The van der Waals surface area contributed by atoms with E-state index in [4.69, 9.17) is 4.74 Å². The Hall–Kier alpha value is -1.82. The first-order valence-electron chi connectivity index (χ1n) is 5.89. The van der Waals surface area contributed by atoms with E-state index < -0.39 is 5.97 Å². The highest BCUT2D eigenvalue weighted by Crippen LogP contribution is 2.28. The largest absolute Gasteiger partial charge is 0.460 e. The van der Waals surface area contributed by atoms with E-state index in [0.29, 0.717) is 12.4 Å². The van der Waals surface area contributed by atoms with Crippen LogP contribution in [0.15, 0.2) is 29.2 Å². The van der Waals surface area contributed by atoms with Gasteiger partial charge in [0.15, 0.2) is 5.82 Å². The molecule has 0 fully saturated rings. The maximum atomic E-state index is 11.6. The van der Waals surface area contributed by atoms with Crippen LogP contribution in [0, 0.1) is 0 Å². The van der Waals surface area contributed by atoms with E-state index in [-0.39, 0.29) is 5.82 Å². The minimum Gasteiger partial charge on any atom is -0.460 e. The molecule has 0 amide bonds. The van der Waals surface area contributed by atoms with Crippen molar-refractivity contribution in [2.24, 2.45) is 7.05 Å². The summed E-state index contributed by atoms with van der Waals surface area (Å²) in [5.74, 6) is 0.259. The Bertz CT molecular complexity index is 595. The van der Waals surface area contributed by atoms with Crippen LogP contribution in [0.25, 0.3) is 11.4 Å². The maximum Gasteiger partial charge on any atom is 0.378 e. The van der Waals surface area contributed by atoms with Gasteiger partial charge >= 0.3 is 5.97 Å². The summed E-state index contributed by atoms with van der Waals surface area (Å²) in [5.41, 5.74) is 0.959. The third-order valence-electron chi connectivity index (χ3n) is 2.57. The van der Waals surface area contributed by atoms with Gasteiger partial charge in [0.25, 0.3) is 5.82 Å². The Balaban J connectivity index is 2.43. The third kappa shape index (κ3) is 2.78. The molecule has 5 nitrogen and oxygen atoms in total. The van der Waals surface area contributed by atoms with Crippen molar-refractivity contribution >= 4 is 17.7 Å². The lowest BCUT2D eigenvalue weighted by Crippen LogP contribution is -2.07. The Morgan fingerprint density at radius 3 is 2.84 bits per heavy atom. The number of hydrogen-bond acceptors (Lipinski definition) is 5. The normalized spacial score (nSPS) is 10.5. The first kappa shape index (κ1) is 13.6. The minimum absolute atomic E-state index is 0.0928. The van der Waals surface area contributed by atoms with Crippen molar-refractivity contribution in [3.05, 3.63) is 30.1 Å². The molecule has 100 valence electrons. The molecule has 0 unspecified atom stereocenters. The summed E-state index contributed by atoms with van der Waals surface area (Å²) in [5, 5.41) is 4.10. The lowest BCUT2D eigenvalue weighted by molar-refractivity contribution is 0.0512. The molecule has 0 radical (unpaired) electrons. The predicted octanol–water partition coefficient (Wildman–Crippen LogP) is 2.38. The molecule has 0 spiro atoms. The predicted molar refractivity (Wildman–Crippen MR) is 74.2 cm³/mol. The van der Waals surface area contributed by atoms with Crippen LogP contribution >= 0.6 is 11.8 Å². The van der Waals surface area contributed by atoms with E-state index in [1.165, 1.54) is 0 Å². The first-order chi connectivity index (χ1) is 9.17. The van der Waals surface area contributed by atoms with Crippen LogP contribution in [0.3, 0.4) is 0 Å². The number of thioether (sulfide) groups is 1. The molecule has 2 rings (SSSR count). The first-order valence-corrected chi connectivity index (χ1v) is 7.11. The molecule has 1 aromatic heterocycles. The Morgan fingerprint density at radius 2 is 2.16 bits per heavy atom. The molecule has 0 atom stereocenters. The van der Waals surface area contributed by atoms with Crippen molar-refractivity contribution in [1.82, 2.24) is 14.8 Å². The zero-order valence-electron chi connectivity index (χ0n) is 11.1. The van der Waals surface area contributed by atoms with Gasteiger partial charge in [-0.2, -0.15) is 0 Å². The van der Waals surface area contributed by atoms with Gasteiger partial charge in [0.2, 0.25) is 0 Å². The SMILES string of the molecule is CCOC(=O)c1nc(-c2ccccc2SC)n(C)n1. The fourth-order valence-electron chi connectivity index (χ4n) is 1.73. The van der Waals surface area contributed by atoms with Crippen LogP contribution in [-0.2, 0) is 11.8 Å². The lowest BCUT2D eigenvalue weighted by atomic mass is 10.2. The van der Waals surface area contributed by atoms with Crippen LogP contribution in [0.1, 0.15) is 17.5 Å². The molecule has 1 aromatic carbocycles. The molecule has 0 bridgehead atoms. The number of esters is 1. The van der Waals surface area contributed by atoms with E-state index >= 15 is 0 Å². The van der Waals surface area contributed by atoms with Crippen molar-refractivity contribution in [3.8, 4) is 11.4 Å². The molecule has 0 aliphatic carbocycles. The molecule has 0 N–H and O–H groups in total. The molecule has 19 heavy (non-hydrogen) atoms. The highest BCUT2D eigenvalue weighted by Gasteiger charge is 2.18. The number of carbonyl (C=O) groups excluding carboxylic acids is 1. The van der Waals surface area contributed by atoms with Gasteiger partial charge in [0, 0.05) is 17.5 Å². The Kier molecular flexibility index (Phi) is 4.21. The quantitative estimate of drug-likeness (QED) is 0.634. The number of carbonyl (C=O) groups is 1. The number of benzene rings is 1. The average molecular weight is 277 g/mol. The zero-order valence-corrected chi connectivity index (χ0v) is 11.9. The van der Waals surface area contributed by atoms with Crippen LogP contribution in [-0.4, -0.2) is 33.6 Å². The van der Waals surface area contributed by atoms with Gasteiger partial charge in [-0.05, 0) is 19.2 Å². The van der Waals surface area contributed by atoms with Crippen molar-refractivity contribution in [2.75, 3.05) is 12.9 Å². The van der Waals surface area contributed by atoms with E-state index in [2.05, 4.69) is 10.1 Å². The van der Waals surface area contributed by atoms with Crippen LogP contribution in [0.2, 0.25) is 0 Å². The van der Waals surface area contributed by atoms with E-state index in [9.17, 15) is 4.79 Å². The number of ether oxygens (including phenoxy) is 1. The van der Waals surface area contributed by atoms with Gasteiger partial charge in [-0.3, -0.25) is 0 Å². The highest BCUT2D eigenvalue weighted by atomic mass is 32.2. The van der Waals surface area contributed by atoms with E-state index in [1.54, 1.807) is 30.4 Å². The summed E-state index contributed by atoms with van der Waals surface area (Å²) >= 11 is 1.63.